The Bertz CT molecular complexity index is 834. The first-order valence-corrected chi connectivity index (χ1v) is 10.6. The van der Waals surface area contributed by atoms with E-state index in [4.69, 9.17) is 10.8 Å². The van der Waals surface area contributed by atoms with Crippen molar-refractivity contribution in [3.05, 3.63) is 29.8 Å². The van der Waals surface area contributed by atoms with Gasteiger partial charge in [-0.25, -0.2) is 4.79 Å². The van der Waals surface area contributed by atoms with E-state index in [1.54, 1.807) is 12.1 Å². The number of nitrogens with one attached hydrogen (secondary N) is 3. The number of aliphatic hydroxyl groups is 2. The minimum atomic E-state index is -1.57. The summed E-state index contributed by atoms with van der Waals surface area (Å²) in [6.07, 6.45) is -2.73. The van der Waals surface area contributed by atoms with Gasteiger partial charge in [0.15, 0.2) is 0 Å². The van der Waals surface area contributed by atoms with Crippen LogP contribution >= 0.6 is 12.6 Å². The van der Waals surface area contributed by atoms with Crippen molar-refractivity contribution in [3.63, 3.8) is 0 Å². The number of hydrogen-bond donors (Lipinski definition) is 9. The summed E-state index contributed by atoms with van der Waals surface area (Å²) in [4.78, 5) is 48.6. The number of carboxylic acid groups (broad SMARTS) is 1. The maximum Gasteiger partial charge on any atom is 0.327 e. The minimum absolute atomic E-state index is 0.0448. The van der Waals surface area contributed by atoms with Crippen LogP contribution in [0.4, 0.5) is 0 Å². The monoisotopic (exact) mass is 486 g/mol. The molecule has 1 aromatic carbocycles. The third kappa shape index (κ3) is 8.88. The number of nitrogens with two attached hydrogens (primary N) is 1. The summed E-state index contributed by atoms with van der Waals surface area (Å²) < 4.78 is 0. The number of rotatable bonds is 12. The van der Waals surface area contributed by atoms with E-state index in [0.717, 1.165) is 0 Å². The largest absolute Gasteiger partial charge is 0.508 e. The first kappa shape index (κ1) is 28.2. The smallest absolute Gasteiger partial charge is 0.327 e. The number of carbonyl (C=O) groups excluding carboxylic acids is 3. The summed E-state index contributed by atoms with van der Waals surface area (Å²) in [5, 5.41) is 44.9. The third-order valence-corrected chi connectivity index (χ3v) is 5.02. The van der Waals surface area contributed by atoms with Gasteiger partial charge in [0, 0.05) is 5.75 Å². The SMILES string of the molecule is CC(O)C(NC(=O)C(N)Cc1ccc(O)cc1)C(=O)NC(C(=O)NC(CS)C(=O)O)C(C)O. The lowest BCUT2D eigenvalue weighted by molar-refractivity contribution is -0.142. The lowest BCUT2D eigenvalue weighted by Crippen LogP contribution is -2.62. The second kappa shape index (κ2) is 13.0. The second-order valence-electron chi connectivity index (χ2n) is 7.51. The van der Waals surface area contributed by atoms with Crippen molar-refractivity contribution in [2.45, 2.75) is 56.6 Å². The standard InChI is InChI=1S/C20H30N4O8S/c1-9(25)15(18(29)22-14(8-33)20(31)32)24-19(30)16(10(2)26)23-17(28)13(21)7-11-3-5-12(27)6-4-11/h3-6,9-10,13-16,25-27,33H,7-8,21H2,1-2H3,(H,22,29)(H,23,28)(H,24,30)(H,31,32). The van der Waals surface area contributed by atoms with Gasteiger partial charge in [0.2, 0.25) is 17.7 Å². The zero-order chi connectivity index (χ0) is 25.3. The van der Waals surface area contributed by atoms with Gasteiger partial charge in [-0.15, -0.1) is 0 Å². The molecule has 0 aliphatic rings. The van der Waals surface area contributed by atoms with Crippen molar-refractivity contribution in [1.29, 1.82) is 0 Å². The number of benzene rings is 1. The number of aliphatic hydroxyl groups excluding tert-OH is 2. The fourth-order valence-electron chi connectivity index (χ4n) is 2.74. The number of phenolic OH excluding ortho intramolecular Hbond substituents is 1. The summed E-state index contributed by atoms with van der Waals surface area (Å²) in [5.41, 5.74) is 6.53. The fraction of sp³-hybridized carbons (Fsp3) is 0.500. The summed E-state index contributed by atoms with van der Waals surface area (Å²) in [7, 11) is 0. The minimum Gasteiger partial charge on any atom is -0.508 e. The highest BCUT2D eigenvalue weighted by molar-refractivity contribution is 7.80. The summed E-state index contributed by atoms with van der Waals surface area (Å²) in [5.74, 6) is -4.28. The van der Waals surface area contributed by atoms with Crippen molar-refractivity contribution in [2.75, 3.05) is 5.75 Å². The molecule has 13 heteroatoms. The average Bonchev–Trinajstić information content (AvgIpc) is 2.74. The fourth-order valence-corrected chi connectivity index (χ4v) is 2.99. The lowest BCUT2D eigenvalue weighted by atomic mass is 10.0. The van der Waals surface area contributed by atoms with Gasteiger partial charge in [0.05, 0.1) is 18.2 Å². The summed E-state index contributed by atoms with van der Waals surface area (Å²) >= 11 is 3.83. The average molecular weight is 487 g/mol. The molecule has 6 unspecified atom stereocenters. The normalized spacial score (nSPS) is 16.4. The molecule has 0 saturated heterocycles. The second-order valence-corrected chi connectivity index (χ2v) is 7.88. The molecule has 12 nitrogen and oxygen atoms in total. The maximum absolute atomic E-state index is 12.7. The first-order chi connectivity index (χ1) is 15.4. The molecule has 0 bridgehead atoms. The molecular formula is C20H30N4O8S. The van der Waals surface area contributed by atoms with Crippen LogP contribution in [0.3, 0.4) is 0 Å². The molecule has 6 atom stereocenters. The Morgan fingerprint density at radius 3 is 1.79 bits per heavy atom. The van der Waals surface area contributed by atoms with Crippen LogP contribution in [0.2, 0.25) is 0 Å². The van der Waals surface area contributed by atoms with Crippen LogP contribution in [0, 0.1) is 0 Å². The summed E-state index contributed by atoms with van der Waals surface area (Å²) in [6.45, 7) is 2.43. The van der Waals surface area contributed by atoms with Gasteiger partial charge in [-0.2, -0.15) is 12.6 Å². The van der Waals surface area contributed by atoms with E-state index in [2.05, 4.69) is 28.6 Å². The van der Waals surface area contributed by atoms with Gasteiger partial charge >= 0.3 is 5.97 Å². The molecule has 1 aromatic rings. The Labute approximate surface area is 196 Å². The molecular weight excluding hydrogens is 456 g/mol. The van der Waals surface area contributed by atoms with Crippen molar-refractivity contribution < 1.29 is 39.6 Å². The Morgan fingerprint density at radius 2 is 1.36 bits per heavy atom. The zero-order valence-electron chi connectivity index (χ0n) is 18.1. The third-order valence-electron chi connectivity index (χ3n) is 4.65. The van der Waals surface area contributed by atoms with Crippen LogP contribution in [0.15, 0.2) is 24.3 Å². The van der Waals surface area contributed by atoms with Gasteiger partial charge in [0.1, 0.15) is 23.9 Å². The van der Waals surface area contributed by atoms with E-state index < -0.39 is 60.1 Å². The van der Waals surface area contributed by atoms with Gasteiger partial charge in [-0.05, 0) is 38.0 Å². The highest BCUT2D eigenvalue weighted by Crippen LogP contribution is 2.11. The van der Waals surface area contributed by atoms with Crippen molar-refractivity contribution in [3.8, 4) is 5.75 Å². The van der Waals surface area contributed by atoms with Crippen LogP contribution in [-0.2, 0) is 25.6 Å². The number of phenols is 1. The van der Waals surface area contributed by atoms with E-state index in [1.807, 2.05) is 0 Å². The van der Waals surface area contributed by atoms with Crippen molar-refractivity contribution in [1.82, 2.24) is 16.0 Å². The molecule has 9 N–H and O–H groups in total. The molecule has 33 heavy (non-hydrogen) atoms. The van der Waals surface area contributed by atoms with Crippen LogP contribution in [0.5, 0.6) is 5.75 Å². The Hall–Kier alpha value is -2.87. The van der Waals surface area contributed by atoms with Crippen LogP contribution in [0.1, 0.15) is 19.4 Å². The van der Waals surface area contributed by atoms with Crippen LogP contribution in [0.25, 0.3) is 0 Å². The lowest BCUT2D eigenvalue weighted by Gasteiger charge is -2.27. The number of amides is 3. The number of aromatic hydroxyl groups is 1. The first-order valence-electron chi connectivity index (χ1n) is 10.0. The van der Waals surface area contributed by atoms with E-state index in [0.29, 0.717) is 5.56 Å². The predicted molar refractivity (Wildman–Crippen MR) is 120 cm³/mol. The molecule has 0 saturated carbocycles. The van der Waals surface area contributed by atoms with Gasteiger partial charge < -0.3 is 42.1 Å². The van der Waals surface area contributed by atoms with Crippen LogP contribution < -0.4 is 21.7 Å². The molecule has 0 heterocycles. The molecule has 3 amide bonds. The molecule has 0 aromatic heterocycles. The van der Waals surface area contributed by atoms with E-state index >= 15 is 0 Å². The molecule has 0 radical (unpaired) electrons. The Kier molecular flexibility index (Phi) is 11.1. The predicted octanol–water partition coefficient (Wildman–Crippen LogP) is -2.51. The molecule has 1 rings (SSSR count). The van der Waals surface area contributed by atoms with E-state index in [9.17, 15) is 34.5 Å². The maximum atomic E-state index is 12.7. The van der Waals surface area contributed by atoms with E-state index in [1.165, 1.54) is 26.0 Å². The summed E-state index contributed by atoms with van der Waals surface area (Å²) in [6, 6.07) is 0.465. The highest BCUT2D eigenvalue weighted by Gasteiger charge is 2.34. The number of hydrogen-bond acceptors (Lipinski definition) is 9. The van der Waals surface area contributed by atoms with E-state index in [-0.39, 0.29) is 17.9 Å². The molecule has 0 aliphatic carbocycles. The molecule has 184 valence electrons. The molecule has 0 aliphatic heterocycles. The Morgan fingerprint density at radius 1 is 0.909 bits per heavy atom. The Balaban J connectivity index is 2.86. The topological polar surface area (TPSA) is 211 Å². The van der Waals surface area contributed by atoms with Gasteiger partial charge in [-0.1, -0.05) is 12.1 Å². The number of aliphatic carboxylic acids is 1. The van der Waals surface area contributed by atoms with Gasteiger partial charge in [-0.3, -0.25) is 14.4 Å². The number of thiol groups is 1. The van der Waals surface area contributed by atoms with Crippen molar-refractivity contribution >= 4 is 36.3 Å². The number of carbonyl (C=O) groups is 4. The highest BCUT2D eigenvalue weighted by atomic mass is 32.1. The number of carboxylic acids is 1. The van der Waals surface area contributed by atoms with Gasteiger partial charge in [0.25, 0.3) is 0 Å². The zero-order valence-corrected chi connectivity index (χ0v) is 19.0. The quantitative estimate of drug-likeness (QED) is 0.143. The van der Waals surface area contributed by atoms with Crippen molar-refractivity contribution in [2.24, 2.45) is 5.73 Å². The molecule has 0 spiro atoms. The molecule has 0 fully saturated rings. The van der Waals surface area contributed by atoms with Crippen LogP contribution in [-0.4, -0.2) is 86.2 Å².